The summed E-state index contributed by atoms with van der Waals surface area (Å²) in [5.74, 6) is 1.26. The van der Waals surface area contributed by atoms with Crippen LogP contribution in [0.15, 0.2) is 62.0 Å². The lowest BCUT2D eigenvalue weighted by Crippen LogP contribution is -2.39. The van der Waals surface area contributed by atoms with Crippen molar-refractivity contribution in [2.75, 3.05) is 13.1 Å². The van der Waals surface area contributed by atoms with Gasteiger partial charge in [0.2, 0.25) is 11.7 Å². The van der Waals surface area contributed by atoms with Crippen molar-refractivity contribution in [2.24, 2.45) is 0 Å². The smallest absolute Gasteiger partial charge is 0.255 e. The van der Waals surface area contributed by atoms with Gasteiger partial charge in [0.1, 0.15) is 0 Å². The molecule has 1 fully saturated rings. The van der Waals surface area contributed by atoms with E-state index in [9.17, 15) is 4.79 Å². The Kier molecular flexibility index (Phi) is 5.41. The lowest BCUT2D eigenvalue weighted by molar-refractivity contribution is 0.0694. The fraction of sp³-hybridized carbons (Fsp3) is 0.250. The number of aromatic nitrogens is 2. The topological polar surface area (TPSA) is 59.2 Å². The molecule has 1 amide bonds. The number of carbonyl (C=O) groups is 1. The van der Waals surface area contributed by atoms with Gasteiger partial charge >= 0.3 is 0 Å². The summed E-state index contributed by atoms with van der Waals surface area (Å²) in [6.45, 7) is 1.33. The summed E-state index contributed by atoms with van der Waals surface area (Å²) in [5.41, 5.74) is 1.59. The average molecular weight is 491 g/mol. The zero-order valence-electron chi connectivity index (χ0n) is 14.4. The normalized spacial score (nSPS) is 17.1. The molecule has 0 aliphatic carbocycles. The molecule has 27 heavy (non-hydrogen) atoms. The predicted octanol–water partition coefficient (Wildman–Crippen LogP) is 5.28. The van der Waals surface area contributed by atoms with Crippen molar-refractivity contribution < 1.29 is 9.32 Å². The predicted molar refractivity (Wildman–Crippen MR) is 109 cm³/mol. The largest absolute Gasteiger partial charge is 0.339 e. The van der Waals surface area contributed by atoms with E-state index >= 15 is 0 Å². The first kappa shape index (κ1) is 18.4. The molecule has 4 rings (SSSR count). The first-order valence-corrected chi connectivity index (χ1v) is 10.3. The van der Waals surface area contributed by atoms with Gasteiger partial charge in [0.15, 0.2) is 0 Å². The molecule has 1 atom stereocenters. The first-order chi connectivity index (χ1) is 13.1. The monoisotopic (exact) mass is 489 g/mol. The Balaban J connectivity index is 1.51. The van der Waals surface area contributed by atoms with Crippen LogP contribution in [0.2, 0.25) is 0 Å². The van der Waals surface area contributed by atoms with E-state index in [0.29, 0.717) is 23.8 Å². The summed E-state index contributed by atoms with van der Waals surface area (Å²) in [6.07, 6.45) is 1.85. The number of hydrogen-bond donors (Lipinski definition) is 0. The van der Waals surface area contributed by atoms with Crippen molar-refractivity contribution in [1.82, 2.24) is 15.0 Å². The van der Waals surface area contributed by atoms with E-state index < -0.39 is 0 Å². The molecule has 2 heterocycles. The minimum atomic E-state index is 0.0276. The highest BCUT2D eigenvalue weighted by Crippen LogP contribution is 2.29. The van der Waals surface area contributed by atoms with Crippen molar-refractivity contribution in [2.45, 2.75) is 18.8 Å². The fourth-order valence-corrected chi connectivity index (χ4v) is 4.00. The van der Waals surface area contributed by atoms with E-state index in [2.05, 4.69) is 42.0 Å². The van der Waals surface area contributed by atoms with E-state index in [1.165, 1.54) is 0 Å². The Morgan fingerprint density at radius 3 is 2.67 bits per heavy atom. The van der Waals surface area contributed by atoms with Crippen molar-refractivity contribution >= 4 is 37.8 Å². The third kappa shape index (κ3) is 3.99. The van der Waals surface area contributed by atoms with Crippen LogP contribution in [-0.2, 0) is 0 Å². The molecule has 7 heteroatoms. The lowest BCUT2D eigenvalue weighted by atomic mass is 9.97. The van der Waals surface area contributed by atoms with Crippen molar-refractivity contribution in [3.05, 3.63) is 68.9 Å². The number of benzene rings is 2. The number of nitrogens with zero attached hydrogens (tertiary/aromatic N) is 3. The molecule has 138 valence electrons. The summed E-state index contributed by atoms with van der Waals surface area (Å²) in [6, 6.07) is 15.3. The third-order valence-corrected chi connectivity index (χ3v) is 5.93. The minimum absolute atomic E-state index is 0.0276. The third-order valence-electron chi connectivity index (χ3n) is 4.71. The molecule has 3 aromatic rings. The zero-order chi connectivity index (χ0) is 18.8. The summed E-state index contributed by atoms with van der Waals surface area (Å²) < 4.78 is 7.34. The van der Waals surface area contributed by atoms with Gasteiger partial charge in [0, 0.05) is 27.6 Å². The Morgan fingerprint density at radius 1 is 1.11 bits per heavy atom. The average Bonchev–Trinajstić information content (AvgIpc) is 3.19. The van der Waals surface area contributed by atoms with Gasteiger partial charge in [-0.3, -0.25) is 4.79 Å². The molecular formula is C20H17Br2N3O2. The van der Waals surface area contributed by atoms with Crippen LogP contribution in [0, 0.1) is 0 Å². The molecule has 1 saturated heterocycles. The van der Waals surface area contributed by atoms with Crippen molar-refractivity contribution in [1.29, 1.82) is 0 Å². The molecular weight excluding hydrogens is 474 g/mol. The minimum Gasteiger partial charge on any atom is -0.339 e. The summed E-state index contributed by atoms with van der Waals surface area (Å²) in [5, 5.41) is 4.12. The maximum Gasteiger partial charge on any atom is 0.255 e. The standard InChI is InChI=1S/C20H17Br2N3O2/c21-15-9-7-13(8-10-15)18-23-19(27-24-18)14-4-3-11-25(12-14)20(26)16-5-1-2-6-17(16)22/h1-2,5-10,14H,3-4,11-12H2. The number of likely N-dealkylation sites (tertiary alicyclic amines) is 1. The second-order valence-electron chi connectivity index (χ2n) is 6.53. The summed E-state index contributed by atoms with van der Waals surface area (Å²) in [4.78, 5) is 19.3. The van der Waals surface area contributed by atoms with Gasteiger partial charge in [-0.05, 0) is 65.2 Å². The number of amides is 1. The van der Waals surface area contributed by atoms with Crippen LogP contribution >= 0.6 is 31.9 Å². The fourth-order valence-electron chi connectivity index (χ4n) is 3.29. The van der Waals surface area contributed by atoms with Crippen LogP contribution in [0.25, 0.3) is 11.4 Å². The van der Waals surface area contributed by atoms with Gasteiger partial charge in [0.05, 0.1) is 11.5 Å². The molecule has 1 aliphatic rings. The molecule has 1 aromatic heterocycles. The molecule has 1 aliphatic heterocycles. The maximum absolute atomic E-state index is 12.9. The van der Waals surface area contributed by atoms with Crippen molar-refractivity contribution in [3.8, 4) is 11.4 Å². The molecule has 0 N–H and O–H groups in total. The van der Waals surface area contributed by atoms with Crippen LogP contribution in [0.1, 0.15) is 35.0 Å². The van der Waals surface area contributed by atoms with Gasteiger partial charge < -0.3 is 9.42 Å². The maximum atomic E-state index is 12.9. The highest BCUT2D eigenvalue weighted by Gasteiger charge is 2.29. The molecule has 0 radical (unpaired) electrons. The van der Waals surface area contributed by atoms with Crippen LogP contribution in [0.5, 0.6) is 0 Å². The van der Waals surface area contributed by atoms with E-state index in [1.54, 1.807) is 0 Å². The molecule has 0 saturated carbocycles. The van der Waals surface area contributed by atoms with Gasteiger partial charge in [-0.2, -0.15) is 4.98 Å². The Bertz CT molecular complexity index is 956. The van der Waals surface area contributed by atoms with Crippen LogP contribution in [-0.4, -0.2) is 34.0 Å². The summed E-state index contributed by atoms with van der Waals surface area (Å²) >= 11 is 6.89. The zero-order valence-corrected chi connectivity index (χ0v) is 17.6. The van der Waals surface area contributed by atoms with Crippen LogP contribution in [0.4, 0.5) is 0 Å². The molecule has 5 nitrogen and oxygen atoms in total. The number of hydrogen-bond acceptors (Lipinski definition) is 4. The van der Waals surface area contributed by atoms with E-state index in [4.69, 9.17) is 4.52 Å². The van der Waals surface area contributed by atoms with E-state index in [0.717, 1.165) is 33.9 Å². The molecule has 0 spiro atoms. The Labute approximate surface area is 174 Å². The SMILES string of the molecule is O=C(c1ccccc1Br)N1CCCC(c2nc(-c3ccc(Br)cc3)no2)C1. The lowest BCUT2D eigenvalue weighted by Gasteiger charge is -2.31. The van der Waals surface area contributed by atoms with Gasteiger partial charge in [-0.25, -0.2) is 0 Å². The molecule has 2 aromatic carbocycles. The van der Waals surface area contributed by atoms with Crippen LogP contribution < -0.4 is 0 Å². The molecule has 0 bridgehead atoms. The van der Waals surface area contributed by atoms with Gasteiger partial charge in [0.25, 0.3) is 5.91 Å². The number of carbonyl (C=O) groups excluding carboxylic acids is 1. The van der Waals surface area contributed by atoms with Crippen molar-refractivity contribution in [3.63, 3.8) is 0 Å². The Morgan fingerprint density at radius 2 is 1.89 bits per heavy atom. The first-order valence-electron chi connectivity index (χ1n) is 8.75. The molecule has 1 unspecified atom stereocenters. The van der Waals surface area contributed by atoms with E-state index in [1.807, 2.05) is 53.4 Å². The highest BCUT2D eigenvalue weighted by molar-refractivity contribution is 9.10. The number of piperidine rings is 1. The highest BCUT2D eigenvalue weighted by atomic mass is 79.9. The number of halogens is 2. The van der Waals surface area contributed by atoms with Gasteiger partial charge in [-0.15, -0.1) is 0 Å². The summed E-state index contributed by atoms with van der Waals surface area (Å²) in [7, 11) is 0. The van der Waals surface area contributed by atoms with Gasteiger partial charge in [-0.1, -0.05) is 33.2 Å². The van der Waals surface area contributed by atoms with E-state index in [-0.39, 0.29) is 11.8 Å². The second kappa shape index (κ2) is 7.94. The Hall–Kier alpha value is -1.99. The number of rotatable bonds is 3. The van der Waals surface area contributed by atoms with Crippen LogP contribution in [0.3, 0.4) is 0 Å². The second-order valence-corrected chi connectivity index (χ2v) is 8.30. The quantitative estimate of drug-likeness (QED) is 0.501.